The summed E-state index contributed by atoms with van der Waals surface area (Å²) in [7, 11) is 0. The Labute approximate surface area is 113 Å². The van der Waals surface area contributed by atoms with Crippen molar-refractivity contribution in [3.63, 3.8) is 0 Å². The van der Waals surface area contributed by atoms with E-state index in [9.17, 15) is 4.79 Å². The molecule has 0 radical (unpaired) electrons. The molecule has 3 N–H and O–H groups in total. The minimum atomic E-state index is -0.405. The monoisotopic (exact) mass is 266 g/mol. The lowest BCUT2D eigenvalue weighted by Gasteiger charge is -2.14. The van der Waals surface area contributed by atoms with Crippen LogP contribution in [0, 0.1) is 5.92 Å². The molecule has 1 amide bonds. The molecule has 0 unspecified atom stereocenters. The Bertz CT molecular complexity index is 430. The number of nitrogens with zero attached hydrogens (tertiary/aromatic N) is 2. The fourth-order valence-corrected chi connectivity index (χ4v) is 2.24. The van der Waals surface area contributed by atoms with Gasteiger partial charge in [-0.25, -0.2) is 4.98 Å². The van der Waals surface area contributed by atoms with E-state index in [1.807, 2.05) is 10.8 Å². The molecule has 2 rings (SSSR count). The van der Waals surface area contributed by atoms with E-state index in [2.05, 4.69) is 24.1 Å². The molecular weight excluding hydrogens is 244 g/mol. The van der Waals surface area contributed by atoms with E-state index in [-0.39, 0.29) is 12.0 Å². The van der Waals surface area contributed by atoms with Crippen molar-refractivity contribution in [1.82, 2.24) is 9.55 Å². The first-order chi connectivity index (χ1) is 9.10. The molecule has 1 aromatic heterocycles. The maximum atomic E-state index is 12.1. The zero-order valence-electron chi connectivity index (χ0n) is 11.5. The molecule has 0 aliphatic carbocycles. The third kappa shape index (κ3) is 3.54. The second-order valence-electron chi connectivity index (χ2n) is 5.35. The molecule has 106 valence electrons. The van der Waals surface area contributed by atoms with Gasteiger partial charge in [-0.2, -0.15) is 0 Å². The zero-order valence-corrected chi connectivity index (χ0v) is 11.5. The highest BCUT2D eigenvalue weighted by atomic mass is 16.5. The van der Waals surface area contributed by atoms with Crippen molar-refractivity contribution in [1.29, 1.82) is 0 Å². The highest BCUT2D eigenvalue weighted by molar-refractivity contribution is 5.92. The second kappa shape index (κ2) is 6.16. The van der Waals surface area contributed by atoms with E-state index >= 15 is 0 Å². The fraction of sp³-hybridized carbons (Fsp3) is 0.692. The number of amides is 1. The summed E-state index contributed by atoms with van der Waals surface area (Å²) in [5, 5.41) is 2.83. The van der Waals surface area contributed by atoms with E-state index in [1.165, 1.54) is 0 Å². The smallest absolute Gasteiger partial charge is 0.255 e. The maximum absolute atomic E-state index is 12.1. The lowest BCUT2D eigenvalue weighted by atomic mass is 10.2. The number of nitrogens with two attached hydrogens (primary N) is 1. The number of carbonyl (C=O) groups is 1. The topological polar surface area (TPSA) is 82.2 Å². The molecule has 0 aromatic carbocycles. The van der Waals surface area contributed by atoms with Crippen LogP contribution in [0.2, 0.25) is 0 Å². The minimum Gasteiger partial charge on any atom is -0.364 e. The summed E-state index contributed by atoms with van der Waals surface area (Å²) in [5.41, 5.74) is 5.54. The van der Waals surface area contributed by atoms with Gasteiger partial charge in [0.15, 0.2) is 0 Å². The van der Waals surface area contributed by atoms with Crippen LogP contribution in [0.3, 0.4) is 0 Å². The number of anilines is 1. The number of ether oxygens (including phenoxy) is 1. The molecular formula is C13H22N4O2. The van der Waals surface area contributed by atoms with Gasteiger partial charge in [0.1, 0.15) is 6.10 Å². The van der Waals surface area contributed by atoms with Gasteiger partial charge in [0.25, 0.3) is 5.91 Å². The van der Waals surface area contributed by atoms with Crippen molar-refractivity contribution < 1.29 is 9.53 Å². The van der Waals surface area contributed by atoms with Gasteiger partial charge >= 0.3 is 0 Å². The Morgan fingerprint density at radius 2 is 2.42 bits per heavy atom. The van der Waals surface area contributed by atoms with Crippen LogP contribution in [0.1, 0.15) is 26.7 Å². The number of aromatic nitrogens is 2. The first kappa shape index (κ1) is 14.0. The van der Waals surface area contributed by atoms with Gasteiger partial charge < -0.3 is 15.0 Å². The van der Waals surface area contributed by atoms with Crippen LogP contribution in [0.5, 0.6) is 0 Å². The van der Waals surface area contributed by atoms with Gasteiger partial charge in [0, 0.05) is 25.5 Å². The second-order valence-corrected chi connectivity index (χ2v) is 5.35. The van der Waals surface area contributed by atoms with E-state index in [4.69, 9.17) is 10.5 Å². The molecule has 1 aliphatic rings. The van der Waals surface area contributed by atoms with Crippen molar-refractivity contribution >= 4 is 11.9 Å². The minimum absolute atomic E-state index is 0.00570. The zero-order chi connectivity index (χ0) is 13.8. The maximum Gasteiger partial charge on any atom is 0.255 e. The number of hydrogen-bond donors (Lipinski definition) is 2. The molecule has 2 heterocycles. The predicted octanol–water partition coefficient (Wildman–Crippen LogP) is 0.984. The Balaban J connectivity index is 1.94. The van der Waals surface area contributed by atoms with Crippen LogP contribution in [-0.2, 0) is 16.1 Å². The van der Waals surface area contributed by atoms with Crippen LogP contribution < -0.4 is 11.1 Å². The molecule has 6 nitrogen and oxygen atoms in total. The van der Waals surface area contributed by atoms with Crippen molar-refractivity contribution in [2.45, 2.75) is 45.4 Å². The molecule has 19 heavy (non-hydrogen) atoms. The SMILES string of the molecule is CC(C)Cn1ccnc1NC(=O)[C@@H]1CC[C@H](CN)O1. The quantitative estimate of drug-likeness (QED) is 0.832. The normalized spacial score (nSPS) is 22.9. The van der Waals surface area contributed by atoms with Crippen LogP contribution in [0.25, 0.3) is 0 Å². The van der Waals surface area contributed by atoms with Gasteiger partial charge in [-0.05, 0) is 18.8 Å². The lowest BCUT2D eigenvalue weighted by Crippen LogP contribution is -2.30. The highest BCUT2D eigenvalue weighted by Gasteiger charge is 2.30. The summed E-state index contributed by atoms with van der Waals surface area (Å²) < 4.78 is 7.51. The predicted molar refractivity (Wildman–Crippen MR) is 72.6 cm³/mol. The Hall–Kier alpha value is -1.40. The Morgan fingerprint density at radius 3 is 3.05 bits per heavy atom. The van der Waals surface area contributed by atoms with Crippen molar-refractivity contribution in [3.8, 4) is 0 Å². The fourth-order valence-electron chi connectivity index (χ4n) is 2.24. The largest absolute Gasteiger partial charge is 0.364 e. The van der Waals surface area contributed by atoms with Gasteiger partial charge in [0.2, 0.25) is 5.95 Å². The number of imidazole rings is 1. The number of carbonyl (C=O) groups excluding carboxylic acids is 1. The van der Waals surface area contributed by atoms with Crippen molar-refractivity contribution in [3.05, 3.63) is 12.4 Å². The molecule has 0 saturated carbocycles. The van der Waals surface area contributed by atoms with Crippen LogP contribution >= 0.6 is 0 Å². The van der Waals surface area contributed by atoms with Crippen LogP contribution in [-0.4, -0.2) is 34.2 Å². The average molecular weight is 266 g/mol. The third-order valence-corrected chi connectivity index (χ3v) is 3.18. The molecule has 1 fully saturated rings. The molecule has 0 spiro atoms. The average Bonchev–Trinajstić information content (AvgIpc) is 2.98. The summed E-state index contributed by atoms with van der Waals surface area (Å²) in [4.78, 5) is 16.3. The van der Waals surface area contributed by atoms with Crippen LogP contribution in [0.15, 0.2) is 12.4 Å². The van der Waals surface area contributed by atoms with Gasteiger partial charge in [-0.15, -0.1) is 0 Å². The standard InChI is InChI=1S/C13H22N4O2/c1-9(2)8-17-6-5-15-13(17)16-12(18)11-4-3-10(7-14)19-11/h5-6,9-11H,3-4,7-8,14H2,1-2H3,(H,15,16,18)/t10-,11+/m1/s1. The first-order valence-electron chi connectivity index (χ1n) is 6.77. The Morgan fingerprint density at radius 1 is 1.63 bits per heavy atom. The van der Waals surface area contributed by atoms with E-state index in [0.717, 1.165) is 19.4 Å². The molecule has 2 atom stereocenters. The van der Waals surface area contributed by atoms with Gasteiger partial charge in [-0.3, -0.25) is 10.1 Å². The van der Waals surface area contributed by atoms with Gasteiger partial charge in [0.05, 0.1) is 6.10 Å². The van der Waals surface area contributed by atoms with Crippen LogP contribution in [0.4, 0.5) is 5.95 Å². The van der Waals surface area contributed by atoms with Crippen molar-refractivity contribution in [2.24, 2.45) is 11.7 Å². The summed E-state index contributed by atoms with van der Waals surface area (Å²) in [5.74, 6) is 0.944. The van der Waals surface area contributed by atoms with E-state index in [0.29, 0.717) is 18.4 Å². The van der Waals surface area contributed by atoms with Crippen molar-refractivity contribution in [2.75, 3.05) is 11.9 Å². The molecule has 1 saturated heterocycles. The number of rotatable bonds is 5. The molecule has 1 aliphatic heterocycles. The molecule has 6 heteroatoms. The number of nitrogens with one attached hydrogen (secondary N) is 1. The summed E-state index contributed by atoms with van der Waals surface area (Å²) in [6.45, 7) is 5.54. The van der Waals surface area contributed by atoms with Gasteiger partial charge in [-0.1, -0.05) is 13.8 Å². The van der Waals surface area contributed by atoms with E-state index < -0.39 is 6.10 Å². The third-order valence-electron chi connectivity index (χ3n) is 3.18. The summed E-state index contributed by atoms with van der Waals surface area (Å²) in [6.07, 6.45) is 4.72. The summed E-state index contributed by atoms with van der Waals surface area (Å²) >= 11 is 0. The first-order valence-corrected chi connectivity index (χ1v) is 6.77. The Kier molecular flexibility index (Phi) is 4.55. The summed E-state index contributed by atoms with van der Waals surface area (Å²) in [6, 6.07) is 0. The van der Waals surface area contributed by atoms with E-state index in [1.54, 1.807) is 6.20 Å². The lowest BCUT2D eigenvalue weighted by molar-refractivity contribution is -0.126. The molecule has 0 bridgehead atoms. The highest BCUT2D eigenvalue weighted by Crippen LogP contribution is 2.20. The molecule has 1 aromatic rings. The number of hydrogen-bond acceptors (Lipinski definition) is 4.